The van der Waals surface area contributed by atoms with Gasteiger partial charge in [0.2, 0.25) is 0 Å². The van der Waals surface area contributed by atoms with Gasteiger partial charge in [0.1, 0.15) is 0 Å². The molecule has 0 aromatic rings. The summed E-state index contributed by atoms with van der Waals surface area (Å²) < 4.78 is 31.6. The minimum atomic E-state index is -5.44. The fraction of sp³-hybridized carbons (Fsp3) is 1.00. The van der Waals surface area contributed by atoms with Crippen LogP contribution in [0.1, 0.15) is 0 Å². The summed E-state index contributed by atoms with van der Waals surface area (Å²) in [4.78, 5) is 0.368. The Hall–Kier alpha value is 2.16. The van der Waals surface area contributed by atoms with Gasteiger partial charge in [0.05, 0.1) is 0 Å². The normalized spacial score (nSPS) is 12.7. The Kier molecular flexibility index (Phi) is 7.49. The monoisotopic (exact) mass is 238 g/mol. The topological polar surface area (TPSA) is 0 Å². The van der Waals surface area contributed by atoms with Crippen molar-refractivity contribution in [2.45, 2.75) is 0 Å². The van der Waals surface area contributed by atoms with Gasteiger partial charge in [-0.25, -0.2) is 0 Å². The van der Waals surface area contributed by atoms with Crippen LogP contribution in [0.3, 0.4) is 0 Å². The van der Waals surface area contributed by atoms with Crippen molar-refractivity contribution in [2.75, 3.05) is 4.93 Å². The van der Waals surface area contributed by atoms with Gasteiger partial charge in [-0.1, -0.05) is 0 Å². The Balaban J connectivity index is 0. The maximum atomic E-state index is 10.5. The van der Waals surface area contributed by atoms with Crippen molar-refractivity contribution in [1.29, 1.82) is 0 Å². The van der Waals surface area contributed by atoms with Gasteiger partial charge < -0.3 is 0 Å². The van der Waals surface area contributed by atoms with Crippen molar-refractivity contribution >= 4 is 0 Å². The number of halogens is 4. The van der Waals surface area contributed by atoms with Crippen molar-refractivity contribution in [3.63, 3.8) is 0 Å². The maximum absolute atomic E-state index is 10.5. The molecule has 0 aromatic heterocycles. The summed E-state index contributed by atoms with van der Waals surface area (Å²) in [5, 5.41) is 0. The Morgan fingerprint density at radius 1 is 1.17 bits per heavy atom. The van der Waals surface area contributed by atoms with Gasteiger partial charge in [-0.15, -0.1) is 0 Å². The van der Waals surface area contributed by atoms with Crippen molar-refractivity contribution in [3.05, 3.63) is 0 Å². The van der Waals surface area contributed by atoms with E-state index in [2.05, 4.69) is 0 Å². The fourth-order valence-corrected chi connectivity index (χ4v) is 0. The van der Waals surface area contributed by atoms with Crippen LogP contribution in [0.5, 0.6) is 0 Å². The van der Waals surface area contributed by atoms with E-state index in [0.29, 0.717) is 4.93 Å². The van der Waals surface area contributed by atoms with Crippen molar-refractivity contribution in [2.24, 2.45) is 0 Å². The Morgan fingerprint density at radius 2 is 1.17 bits per heavy atom. The molecule has 0 amide bonds. The van der Waals surface area contributed by atoms with Crippen LogP contribution < -0.4 is 71.5 Å². The van der Waals surface area contributed by atoms with Crippen LogP contribution in [0.2, 0.25) is 0 Å². The van der Waals surface area contributed by atoms with Crippen LogP contribution in [-0.4, -0.2) is 4.93 Å². The summed E-state index contributed by atoms with van der Waals surface area (Å²) in [6.45, 7) is 0. The van der Waals surface area contributed by atoms with E-state index in [1.165, 1.54) is 0 Å². The van der Waals surface area contributed by atoms with E-state index in [0.717, 1.165) is 0 Å². The van der Waals surface area contributed by atoms with Gasteiger partial charge in [0.25, 0.3) is 0 Å². The minimum Gasteiger partial charge on any atom is 1.00 e. The van der Waals surface area contributed by atoms with Crippen molar-refractivity contribution in [1.82, 2.24) is 0 Å². The third kappa shape index (κ3) is 35.2. The molecule has 0 aliphatic heterocycles. The quantitative estimate of drug-likeness (QED) is 0.226. The van der Waals surface area contributed by atoms with Gasteiger partial charge in [0, 0.05) is 0 Å². The largest absolute Gasteiger partial charge is 1.00 e. The Bertz CT molecular complexity index is 26.3. The molecule has 0 unspecified atom stereocenters. The molecule has 0 spiro atoms. The second-order valence-electron chi connectivity index (χ2n) is 0.591. The maximum Gasteiger partial charge on any atom is 1.00 e. The van der Waals surface area contributed by atoms with Crippen LogP contribution in [-0.2, 0) is 0 Å². The molecule has 0 radical (unpaired) electrons. The molecule has 0 nitrogen and oxygen atoms in total. The summed E-state index contributed by atoms with van der Waals surface area (Å²) in [6.07, 6.45) is 0. The van der Waals surface area contributed by atoms with Crippen LogP contribution in [0, 0.1) is 0 Å². The summed E-state index contributed by atoms with van der Waals surface area (Å²) in [7, 11) is 0. The molecule has 0 aromatic carbocycles. The fourth-order valence-electron chi connectivity index (χ4n) is 0. The molecule has 0 bridgehead atoms. The smallest absolute Gasteiger partial charge is 1.00 e. The Labute approximate surface area is 83.1 Å². The molecule has 6 heavy (non-hydrogen) atoms. The standard InChI is InChI=1S/CH3F3I.K/c1-5(2,3)4;/h1H3;/q-1;+1. The van der Waals surface area contributed by atoms with Gasteiger partial charge in [-0.3, -0.25) is 0 Å². The molecule has 0 aliphatic rings. The zero-order valence-corrected chi connectivity index (χ0v) is 8.79. The molecule has 0 heterocycles. The molecule has 0 fully saturated rings. The molecule has 5 heteroatoms. The first-order chi connectivity index (χ1) is 2.00. The van der Waals surface area contributed by atoms with Crippen LogP contribution in [0.15, 0.2) is 0 Å². The molecule has 0 saturated carbocycles. The molecule has 0 saturated heterocycles. The van der Waals surface area contributed by atoms with E-state index in [4.69, 9.17) is 0 Å². The SMILES string of the molecule is C[I-](F)(F)F.[K+]. The predicted octanol–water partition coefficient (Wildman–Crippen LogP) is -4.57. The zero-order chi connectivity index (χ0) is 4.50. The van der Waals surface area contributed by atoms with Crippen LogP contribution in [0.25, 0.3) is 0 Å². The number of hydrogen-bond acceptors (Lipinski definition) is 0. The van der Waals surface area contributed by atoms with Crippen molar-refractivity contribution in [3.8, 4) is 0 Å². The summed E-state index contributed by atoms with van der Waals surface area (Å²) in [6, 6.07) is 0. The van der Waals surface area contributed by atoms with E-state index in [-0.39, 0.29) is 51.4 Å². The number of rotatable bonds is 0. The van der Waals surface area contributed by atoms with E-state index in [1.807, 2.05) is 0 Å². The molecular weight excluding hydrogens is 235 g/mol. The summed E-state index contributed by atoms with van der Waals surface area (Å²) in [5.74, 6) is 0. The third-order valence-corrected chi connectivity index (χ3v) is 0. The first-order valence-electron chi connectivity index (χ1n) is 0.807. The van der Waals surface area contributed by atoms with E-state index in [1.54, 1.807) is 0 Å². The molecule has 0 N–H and O–H groups in total. The first kappa shape index (κ1) is 11.0. The molecule has 0 rings (SSSR count). The second kappa shape index (κ2) is 4.08. The second-order valence-corrected chi connectivity index (χ2v) is 3.96. The summed E-state index contributed by atoms with van der Waals surface area (Å²) >= 11 is -5.44. The first-order valence-corrected chi connectivity index (χ1v) is 5.41. The van der Waals surface area contributed by atoms with Gasteiger partial charge in [-0.2, -0.15) is 0 Å². The molecule has 0 aliphatic carbocycles. The average Bonchev–Trinajstić information content (AvgIpc) is 0.722. The number of alkyl halides is 1. The van der Waals surface area contributed by atoms with E-state index < -0.39 is 20.2 Å². The third-order valence-electron chi connectivity index (χ3n) is 0. The number of hydrogen-bond donors (Lipinski definition) is 0. The zero-order valence-electron chi connectivity index (χ0n) is 3.51. The van der Waals surface area contributed by atoms with Crippen LogP contribution >= 0.6 is 0 Å². The van der Waals surface area contributed by atoms with Gasteiger partial charge in [0.15, 0.2) is 0 Å². The van der Waals surface area contributed by atoms with Crippen molar-refractivity contribution < 1.29 is 80.1 Å². The minimum absolute atomic E-state index is 0. The predicted molar refractivity (Wildman–Crippen MR) is 9.25 cm³/mol. The van der Waals surface area contributed by atoms with Crippen LogP contribution in [0.4, 0.5) is 8.58 Å². The van der Waals surface area contributed by atoms with E-state index in [9.17, 15) is 8.58 Å². The van der Waals surface area contributed by atoms with Gasteiger partial charge in [-0.05, 0) is 0 Å². The molecule has 36 valence electrons. The molecule has 0 atom stereocenters. The molecular formula is CH3F3IK. The van der Waals surface area contributed by atoms with E-state index >= 15 is 0 Å². The Morgan fingerprint density at radius 3 is 1.17 bits per heavy atom. The average molecular weight is 238 g/mol. The summed E-state index contributed by atoms with van der Waals surface area (Å²) in [5.41, 5.74) is 0. The van der Waals surface area contributed by atoms with Gasteiger partial charge >= 0.3 is 85.0 Å².